The summed E-state index contributed by atoms with van der Waals surface area (Å²) in [6.07, 6.45) is 1.70. The Bertz CT molecular complexity index is 979. The number of methoxy groups -OCH3 is 1. The predicted octanol–water partition coefficient (Wildman–Crippen LogP) is 2.90. The lowest BCUT2D eigenvalue weighted by Crippen LogP contribution is -2.05. The number of nitrogens with one attached hydrogen (secondary N) is 1. The second-order valence-corrected chi connectivity index (χ2v) is 5.14. The number of benzene rings is 2. The molecule has 0 unspecified atom stereocenters. The van der Waals surface area contributed by atoms with Crippen molar-refractivity contribution < 1.29 is 4.74 Å². The van der Waals surface area contributed by atoms with E-state index in [0.29, 0.717) is 18.0 Å². The number of rotatable bonds is 4. The fraction of sp³-hybridized carbons (Fsp3) is 0.118. The predicted molar refractivity (Wildman–Crippen MR) is 88.6 cm³/mol. The quantitative estimate of drug-likeness (QED) is 0.628. The number of hydrogen-bond donors (Lipinski definition) is 1. The van der Waals surface area contributed by atoms with Gasteiger partial charge in [0, 0.05) is 12.1 Å². The minimum Gasteiger partial charge on any atom is -0.496 e. The topological polar surface area (TPSA) is 64.3 Å². The number of nitrogens with zero attached hydrogens (tertiary/aromatic N) is 4. The van der Waals surface area contributed by atoms with Crippen molar-refractivity contribution >= 4 is 22.5 Å². The Morgan fingerprint density at radius 3 is 2.83 bits per heavy atom. The van der Waals surface area contributed by atoms with Gasteiger partial charge in [-0.2, -0.15) is 0 Å². The number of ether oxygens (including phenoxy) is 1. The van der Waals surface area contributed by atoms with Gasteiger partial charge in [0.2, 0.25) is 5.65 Å². The van der Waals surface area contributed by atoms with Gasteiger partial charge in [0.1, 0.15) is 12.1 Å². The molecule has 0 saturated heterocycles. The molecule has 0 aliphatic rings. The van der Waals surface area contributed by atoms with Gasteiger partial charge >= 0.3 is 0 Å². The number of para-hydroxylation sites is 3. The molecule has 0 aliphatic heterocycles. The van der Waals surface area contributed by atoms with Gasteiger partial charge in [0.25, 0.3) is 0 Å². The van der Waals surface area contributed by atoms with Crippen LogP contribution < -0.4 is 10.1 Å². The second-order valence-electron chi connectivity index (χ2n) is 5.14. The summed E-state index contributed by atoms with van der Waals surface area (Å²) < 4.78 is 7.32. The number of hydrogen-bond acceptors (Lipinski definition) is 5. The molecule has 0 fully saturated rings. The number of aromatic nitrogens is 4. The molecule has 2 aromatic carbocycles. The lowest BCUT2D eigenvalue weighted by Gasteiger charge is -2.11. The van der Waals surface area contributed by atoms with Crippen LogP contribution in [0.25, 0.3) is 16.7 Å². The standard InChI is InChI=1S/C17H15N5O/c1-23-15-9-5-2-6-12(15)10-18-16-17-21-19-11-22(17)14-8-4-3-7-13(14)20-16/h2-9,11H,10H2,1H3,(H,18,20). The molecule has 0 bridgehead atoms. The van der Waals surface area contributed by atoms with E-state index in [-0.39, 0.29) is 0 Å². The van der Waals surface area contributed by atoms with Crippen molar-refractivity contribution in [2.24, 2.45) is 0 Å². The number of anilines is 1. The first-order valence-corrected chi connectivity index (χ1v) is 7.31. The van der Waals surface area contributed by atoms with Crippen molar-refractivity contribution in [3.05, 3.63) is 60.4 Å². The highest BCUT2D eigenvalue weighted by molar-refractivity contribution is 5.82. The molecule has 0 atom stereocenters. The molecule has 114 valence electrons. The van der Waals surface area contributed by atoms with Crippen molar-refractivity contribution in [2.75, 3.05) is 12.4 Å². The van der Waals surface area contributed by atoms with E-state index in [1.54, 1.807) is 13.4 Å². The van der Waals surface area contributed by atoms with E-state index in [1.165, 1.54) is 0 Å². The summed E-state index contributed by atoms with van der Waals surface area (Å²) in [5.41, 5.74) is 3.64. The smallest absolute Gasteiger partial charge is 0.203 e. The molecule has 4 aromatic rings. The normalized spacial score (nSPS) is 11.0. The first kappa shape index (κ1) is 13.5. The van der Waals surface area contributed by atoms with Crippen LogP contribution in [0.4, 0.5) is 5.82 Å². The minimum atomic E-state index is 0.595. The van der Waals surface area contributed by atoms with Crippen LogP contribution in [0.3, 0.4) is 0 Å². The van der Waals surface area contributed by atoms with Gasteiger partial charge in [0.05, 0.1) is 18.1 Å². The summed E-state index contributed by atoms with van der Waals surface area (Å²) in [6.45, 7) is 0.595. The highest BCUT2D eigenvalue weighted by Gasteiger charge is 2.10. The molecule has 0 spiro atoms. The highest BCUT2D eigenvalue weighted by atomic mass is 16.5. The molecular weight excluding hydrogens is 290 g/mol. The lowest BCUT2D eigenvalue weighted by molar-refractivity contribution is 0.410. The van der Waals surface area contributed by atoms with Crippen LogP contribution in [0.1, 0.15) is 5.56 Å². The molecule has 0 radical (unpaired) electrons. The van der Waals surface area contributed by atoms with E-state index in [0.717, 1.165) is 22.3 Å². The van der Waals surface area contributed by atoms with E-state index in [9.17, 15) is 0 Å². The van der Waals surface area contributed by atoms with Gasteiger partial charge in [0.15, 0.2) is 5.82 Å². The van der Waals surface area contributed by atoms with Crippen LogP contribution in [-0.2, 0) is 6.54 Å². The fourth-order valence-electron chi connectivity index (χ4n) is 2.65. The molecular formula is C17H15N5O. The third kappa shape index (κ3) is 2.34. The zero-order valence-electron chi connectivity index (χ0n) is 12.6. The average Bonchev–Trinajstić information content (AvgIpc) is 3.10. The molecule has 2 heterocycles. The Balaban J connectivity index is 1.74. The maximum absolute atomic E-state index is 5.38. The molecule has 23 heavy (non-hydrogen) atoms. The summed E-state index contributed by atoms with van der Waals surface area (Å²) >= 11 is 0. The van der Waals surface area contributed by atoms with E-state index < -0.39 is 0 Å². The Morgan fingerprint density at radius 2 is 1.91 bits per heavy atom. The molecule has 6 nitrogen and oxygen atoms in total. The van der Waals surface area contributed by atoms with Crippen molar-refractivity contribution in [3.8, 4) is 5.75 Å². The summed E-state index contributed by atoms with van der Waals surface area (Å²) in [5.74, 6) is 1.55. The van der Waals surface area contributed by atoms with Crippen molar-refractivity contribution in [2.45, 2.75) is 6.54 Å². The average molecular weight is 305 g/mol. The third-order valence-corrected chi connectivity index (χ3v) is 3.77. The maximum atomic E-state index is 5.38. The Hall–Kier alpha value is -3.15. The van der Waals surface area contributed by atoms with E-state index >= 15 is 0 Å². The van der Waals surface area contributed by atoms with Gasteiger partial charge in [-0.25, -0.2) is 4.98 Å². The third-order valence-electron chi connectivity index (χ3n) is 3.77. The van der Waals surface area contributed by atoms with Crippen molar-refractivity contribution in [1.29, 1.82) is 0 Å². The van der Waals surface area contributed by atoms with Crippen LogP contribution >= 0.6 is 0 Å². The lowest BCUT2D eigenvalue weighted by atomic mass is 10.2. The van der Waals surface area contributed by atoms with E-state index in [2.05, 4.69) is 20.5 Å². The SMILES string of the molecule is COc1ccccc1CNc1nc2ccccc2n2cnnc12. The Morgan fingerprint density at radius 1 is 1.09 bits per heavy atom. The Kier molecular flexibility index (Phi) is 3.27. The van der Waals surface area contributed by atoms with E-state index in [4.69, 9.17) is 4.74 Å². The number of fused-ring (bicyclic) bond motifs is 3. The van der Waals surface area contributed by atoms with Crippen LogP contribution in [0.15, 0.2) is 54.9 Å². The fourth-order valence-corrected chi connectivity index (χ4v) is 2.65. The zero-order chi connectivity index (χ0) is 15.6. The summed E-state index contributed by atoms with van der Waals surface area (Å²) in [4.78, 5) is 4.67. The Labute approximate surface area is 132 Å². The monoisotopic (exact) mass is 305 g/mol. The summed E-state index contributed by atoms with van der Waals surface area (Å²) in [6, 6.07) is 15.8. The molecule has 1 N–H and O–H groups in total. The molecule has 0 amide bonds. The van der Waals surface area contributed by atoms with E-state index in [1.807, 2.05) is 52.9 Å². The molecule has 4 rings (SSSR count). The molecule has 0 saturated carbocycles. The molecule has 0 aliphatic carbocycles. The van der Waals surface area contributed by atoms with Crippen molar-refractivity contribution in [3.63, 3.8) is 0 Å². The zero-order valence-corrected chi connectivity index (χ0v) is 12.6. The van der Waals surface area contributed by atoms with Gasteiger partial charge in [-0.3, -0.25) is 4.40 Å². The van der Waals surface area contributed by atoms with Gasteiger partial charge < -0.3 is 10.1 Å². The van der Waals surface area contributed by atoms with Gasteiger partial charge in [-0.15, -0.1) is 10.2 Å². The van der Waals surface area contributed by atoms with Crippen LogP contribution in [0.5, 0.6) is 5.75 Å². The highest BCUT2D eigenvalue weighted by Crippen LogP contribution is 2.22. The first-order valence-electron chi connectivity index (χ1n) is 7.31. The van der Waals surface area contributed by atoms with Gasteiger partial charge in [-0.1, -0.05) is 30.3 Å². The first-order chi connectivity index (χ1) is 11.4. The van der Waals surface area contributed by atoms with Crippen LogP contribution in [0.2, 0.25) is 0 Å². The van der Waals surface area contributed by atoms with Crippen LogP contribution in [0, 0.1) is 0 Å². The maximum Gasteiger partial charge on any atom is 0.203 e. The second kappa shape index (κ2) is 5.57. The summed E-state index contributed by atoms with van der Waals surface area (Å²) in [7, 11) is 1.67. The van der Waals surface area contributed by atoms with Crippen molar-refractivity contribution in [1.82, 2.24) is 19.6 Å². The van der Waals surface area contributed by atoms with Crippen LogP contribution in [-0.4, -0.2) is 26.7 Å². The molecule has 6 heteroatoms. The molecule has 2 aromatic heterocycles. The minimum absolute atomic E-state index is 0.595. The van der Waals surface area contributed by atoms with Gasteiger partial charge in [-0.05, 0) is 18.2 Å². The largest absolute Gasteiger partial charge is 0.496 e. The summed E-state index contributed by atoms with van der Waals surface area (Å²) in [5, 5.41) is 11.5.